The largest absolute Gasteiger partial charge is 0.333 e. The van der Waals surface area contributed by atoms with Crippen LogP contribution in [-0.4, -0.2) is 33.4 Å². The molecule has 98 valence electrons. The molecule has 5 heteroatoms. The van der Waals surface area contributed by atoms with Crippen LogP contribution in [0.25, 0.3) is 0 Å². The van der Waals surface area contributed by atoms with E-state index in [0.717, 1.165) is 18.5 Å². The van der Waals surface area contributed by atoms with Crippen molar-refractivity contribution in [1.82, 2.24) is 14.9 Å². The highest BCUT2D eigenvalue weighted by molar-refractivity contribution is 5.77. The van der Waals surface area contributed by atoms with Crippen LogP contribution in [0.5, 0.6) is 0 Å². The zero-order valence-electron chi connectivity index (χ0n) is 11.0. The second-order valence-electron chi connectivity index (χ2n) is 4.71. The topological polar surface area (TPSA) is 72.1 Å². The van der Waals surface area contributed by atoms with Crippen LogP contribution in [0.15, 0.2) is 12.3 Å². The van der Waals surface area contributed by atoms with Crippen LogP contribution < -0.4 is 5.73 Å². The predicted molar refractivity (Wildman–Crippen MR) is 68.7 cm³/mol. The lowest BCUT2D eigenvalue weighted by Crippen LogP contribution is -2.42. The fraction of sp³-hybridized carbons (Fsp3) is 0.615. The molecule has 0 radical (unpaired) electrons. The van der Waals surface area contributed by atoms with Gasteiger partial charge in [-0.25, -0.2) is 9.97 Å². The Morgan fingerprint density at radius 3 is 3.00 bits per heavy atom. The molecule has 1 aliphatic rings. The van der Waals surface area contributed by atoms with Crippen molar-refractivity contribution < 1.29 is 4.79 Å². The third-order valence-corrected chi connectivity index (χ3v) is 3.43. The van der Waals surface area contributed by atoms with Gasteiger partial charge in [-0.05, 0) is 32.8 Å². The molecule has 5 nitrogen and oxygen atoms in total. The third kappa shape index (κ3) is 2.51. The maximum absolute atomic E-state index is 12.1. The van der Waals surface area contributed by atoms with Crippen molar-refractivity contribution >= 4 is 5.91 Å². The average molecular weight is 248 g/mol. The number of likely N-dealkylation sites (tertiary alicyclic amines) is 1. The van der Waals surface area contributed by atoms with Gasteiger partial charge in [-0.3, -0.25) is 4.79 Å². The van der Waals surface area contributed by atoms with E-state index in [4.69, 9.17) is 5.73 Å². The molecule has 0 aliphatic carbocycles. The molecule has 1 amide bonds. The fourth-order valence-corrected chi connectivity index (χ4v) is 2.57. The third-order valence-electron chi connectivity index (χ3n) is 3.43. The first-order valence-electron chi connectivity index (χ1n) is 6.48. The summed E-state index contributed by atoms with van der Waals surface area (Å²) in [5, 5.41) is 0. The van der Waals surface area contributed by atoms with Gasteiger partial charge in [-0.15, -0.1) is 0 Å². The number of likely N-dealkylation sites (N-methyl/N-ethyl adjacent to an activating group) is 1. The lowest BCUT2D eigenvalue weighted by atomic mass is 10.0. The summed E-state index contributed by atoms with van der Waals surface area (Å²) in [7, 11) is 0. The summed E-state index contributed by atoms with van der Waals surface area (Å²) >= 11 is 0. The van der Waals surface area contributed by atoms with E-state index < -0.39 is 0 Å². The number of rotatable bonds is 2. The van der Waals surface area contributed by atoms with E-state index in [1.54, 1.807) is 6.20 Å². The number of amides is 1. The highest BCUT2D eigenvalue weighted by Crippen LogP contribution is 2.28. The van der Waals surface area contributed by atoms with E-state index >= 15 is 0 Å². The van der Waals surface area contributed by atoms with Crippen molar-refractivity contribution in [2.24, 2.45) is 5.73 Å². The van der Waals surface area contributed by atoms with Crippen LogP contribution in [0.1, 0.15) is 43.7 Å². The van der Waals surface area contributed by atoms with E-state index in [1.165, 1.54) is 0 Å². The van der Waals surface area contributed by atoms with Gasteiger partial charge in [0, 0.05) is 25.2 Å². The minimum atomic E-state index is -0.119. The monoisotopic (exact) mass is 248 g/mol. The van der Waals surface area contributed by atoms with Crippen LogP contribution in [-0.2, 0) is 4.79 Å². The summed E-state index contributed by atoms with van der Waals surface area (Å²) in [5.74, 6) is 0.888. The Balaban J connectivity index is 2.38. The normalized spacial score (nSPS) is 25.1. The molecule has 2 N–H and O–H groups in total. The minimum absolute atomic E-state index is 0.0503. The van der Waals surface area contributed by atoms with Crippen molar-refractivity contribution in [3.63, 3.8) is 0 Å². The number of nitrogens with zero attached hydrogens (tertiary/aromatic N) is 3. The molecule has 0 saturated carbocycles. The van der Waals surface area contributed by atoms with Gasteiger partial charge in [0.1, 0.15) is 5.82 Å². The van der Waals surface area contributed by atoms with Crippen molar-refractivity contribution in [2.75, 3.05) is 6.54 Å². The van der Waals surface area contributed by atoms with Gasteiger partial charge >= 0.3 is 0 Å². The Morgan fingerprint density at radius 1 is 1.56 bits per heavy atom. The molecule has 0 bridgehead atoms. The molecule has 18 heavy (non-hydrogen) atoms. The summed E-state index contributed by atoms with van der Waals surface area (Å²) in [6.45, 7) is 4.50. The molecule has 1 aromatic heterocycles. The van der Waals surface area contributed by atoms with E-state index in [9.17, 15) is 4.79 Å². The molecule has 2 rings (SSSR count). The van der Waals surface area contributed by atoms with Gasteiger partial charge in [-0.2, -0.15) is 0 Å². The Labute approximate surface area is 107 Å². The highest BCUT2D eigenvalue weighted by atomic mass is 16.2. The maximum Gasteiger partial charge on any atom is 0.223 e. The molecule has 2 unspecified atom stereocenters. The zero-order valence-corrected chi connectivity index (χ0v) is 11.0. The molecular weight excluding hydrogens is 228 g/mol. The molecule has 0 spiro atoms. The summed E-state index contributed by atoms with van der Waals surface area (Å²) in [6, 6.07) is 1.69. The van der Waals surface area contributed by atoms with Crippen molar-refractivity contribution in [3.8, 4) is 0 Å². The Hall–Kier alpha value is -1.49. The number of aromatic nitrogens is 2. The molecule has 1 fully saturated rings. The van der Waals surface area contributed by atoms with Crippen LogP contribution >= 0.6 is 0 Å². The number of carbonyl (C=O) groups excluding carboxylic acids is 1. The Kier molecular flexibility index (Phi) is 3.91. The number of hydrogen-bond acceptors (Lipinski definition) is 4. The Bertz CT molecular complexity index is 435. The second-order valence-corrected chi connectivity index (χ2v) is 4.71. The molecule has 2 atom stereocenters. The first kappa shape index (κ1) is 13.0. The predicted octanol–water partition coefficient (Wildman–Crippen LogP) is 1.19. The summed E-state index contributed by atoms with van der Waals surface area (Å²) in [4.78, 5) is 22.5. The number of aryl methyl sites for hydroxylation is 1. The summed E-state index contributed by atoms with van der Waals surface area (Å²) < 4.78 is 0. The van der Waals surface area contributed by atoms with E-state index in [2.05, 4.69) is 9.97 Å². The van der Waals surface area contributed by atoms with Gasteiger partial charge in [0.2, 0.25) is 5.91 Å². The first-order valence-corrected chi connectivity index (χ1v) is 6.48. The van der Waals surface area contributed by atoms with E-state index in [-0.39, 0.29) is 18.0 Å². The molecule has 1 aliphatic heterocycles. The SMILES string of the molecule is CCN1C(=O)CCCC(N)C1c1ccnc(C)n1. The average Bonchev–Trinajstić information content (AvgIpc) is 2.48. The maximum atomic E-state index is 12.1. The zero-order chi connectivity index (χ0) is 13.1. The fourth-order valence-electron chi connectivity index (χ4n) is 2.57. The quantitative estimate of drug-likeness (QED) is 0.853. The lowest BCUT2D eigenvalue weighted by Gasteiger charge is -2.32. The molecule has 2 heterocycles. The highest BCUT2D eigenvalue weighted by Gasteiger charge is 2.32. The van der Waals surface area contributed by atoms with Crippen molar-refractivity contribution in [3.05, 3.63) is 23.8 Å². The van der Waals surface area contributed by atoms with Crippen molar-refractivity contribution in [2.45, 2.75) is 45.2 Å². The van der Waals surface area contributed by atoms with Gasteiger partial charge in [0.25, 0.3) is 0 Å². The summed E-state index contributed by atoms with van der Waals surface area (Å²) in [6.07, 6.45) is 4.03. The molecular formula is C13H20N4O. The van der Waals surface area contributed by atoms with Gasteiger partial charge in [0.15, 0.2) is 0 Å². The van der Waals surface area contributed by atoms with Gasteiger partial charge in [0.05, 0.1) is 11.7 Å². The number of carbonyl (C=O) groups is 1. The van der Waals surface area contributed by atoms with E-state index in [0.29, 0.717) is 18.8 Å². The summed E-state index contributed by atoms with van der Waals surface area (Å²) in [5.41, 5.74) is 7.09. The number of hydrogen-bond donors (Lipinski definition) is 1. The van der Waals surface area contributed by atoms with E-state index in [1.807, 2.05) is 24.8 Å². The Morgan fingerprint density at radius 2 is 2.33 bits per heavy atom. The van der Waals surface area contributed by atoms with Crippen LogP contribution in [0.4, 0.5) is 0 Å². The van der Waals surface area contributed by atoms with Gasteiger partial charge in [-0.1, -0.05) is 0 Å². The van der Waals surface area contributed by atoms with Gasteiger partial charge < -0.3 is 10.6 Å². The second kappa shape index (κ2) is 5.44. The molecule has 1 saturated heterocycles. The lowest BCUT2D eigenvalue weighted by molar-refractivity contribution is -0.133. The smallest absolute Gasteiger partial charge is 0.223 e. The van der Waals surface area contributed by atoms with Crippen LogP contribution in [0.2, 0.25) is 0 Å². The minimum Gasteiger partial charge on any atom is -0.333 e. The first-order chi connectivity index (χ1) is 8.63. The van der Waals surface area contributed by atoms with Crippen LogP contribution in [0, 0.1) is 6.92 Å². The van der Waals surface area contributed by atoms with Crippen LogP contribution in [0.3, 0.4) is 0 Å². The standard InChI is InChI=1S/C13H20N4O/c1-3-17-12(18)6-4-5-10(14)13(17)11-7-8-15-9(2)16-11/h7-8,10,13H,3-6,14H2,1-2H3. The number of nitrogens with two attached hydrogens (primary N) is 1. The molecule has 0 aromatic carbocycles. The van der Waals surface area contributed by atoms with Crippen molar-refractivity contribution in [1.29, 1.82) is 0 Å². The molecule has 1 aromatic rings.